The van der Waals surface area contributed by atoms with Gasteiger partial charge in [0.2, 0.25) is 5.89 Å². The van der Waals surface area contributed by atoms with Gasteiger partial charge in [-0.15, -0.1) is 0 Å². The molecule has 1 unspecified atom stereocenters. The third-order valence-corrected chi connectivity index (χ3v) is 3.13. The van der Waals surface area contributed by atoms with Gasteiger partial charge in [0, 0.05) is 12.5 Å². The maximum Gasteiger partial charge on any atom is 0.250 e. The Balaban J connectivity index is 1.88. The van der Waals surface area contributed by atoms with Gasteiger partial charge in [-0.05, 0) is 38.8 Å². The quantitative estimate of drug-likeness (QED) is 0.826. The number of nitrogens with zero attached hydrogens (tertiary/aromatic N) is 2. The number of hydrogen-bond acceptors (Lipinski definition) is 4. The highest BCUT2D eigenvalue weighted by Crippen LogP contribution is 2.27. The van der Waals surface area contributed by atoms with Gasteiger partial charge in [0.1, 0.15) is 0 Å². The molecule has 1 saturated carbocycles. The summed E-state index contributed by atoms with van der Waals surface area (Å²) in [7, 11) is 1.93. The lowest BCUT2D eigenvalue weighted by Gasteiger charge is -2.20. The molecule has 1 aromatic heterocycles. The number of nitrogens with one attached hydrogen (secondary N) is 1. The van der Waals surface area contributed by atoms with E-state index in [0.717, 1.165) is 18.2 Å². The summed E-state index contributed by atoms with van der Waals surface area (Å²) in [6.45, 7) is 2.10. The van der Waals surface area contributed by atoms with E-state index in [2.05, 4.69) is 28.5 Å². The van der Waals surface area contributed by atoms with Crippen molar-refractivity contribution < 1.29 is 4.52 Å². The van der Waals surface area contributed by atoms with Gasteiger partial charge < -0.3 is 9.84 Å². The SMILES string of the molecule is CNC(C)Cc1noc(/C=C/C2CCC2)n1. The molecule has 88 valence electrons. The zero-order valence-corrected chi connectivity index (χ0v) is 9.94. The zero-order valence-electron chi connectivity index (χ0n) is 9.94. The third kappa shape index (κ3) is 2.92. The minimum absolute atomic E-state index is 0.376. The Labute approximate surface area is 96.1 Å². The first-order chi connectivity index (χ1) is 7.78. The topological polar surface area (TPSA) is 51.0 Å². The van der Waals surface area contributed by atoms with Crippen LogP contribution in [0.5, 0.6) is 0 Å². The summed E-state index contributed by atoms with van der Waals surface area (Å²) >= 11 is 0. The van der Waals surface area contributed by atoms with Crippen LogP contribution in [0.3, 0.4) is 0 Å². The Morgan fingerprint density at radius 3 is 3.00 bits per heavy atom. The molecule has 4 nitrogen and oxygen atoms in total. The number of allylic oxidation sites excluding steroid dienone is 1. The minimum Gasteiger partial charge on any atom is -0.335 e. The number of aromatic nitrogens is 2. The van der Waals surface area contributed by atoms with Crippen LogP contribution < -0.4 is 5.32 Å². The first-order valence-electron chi connectivity index (χ1n) is 5.96. The highest BCUT2D eigenvalue weighted by Gasteiger charge is 2.14. The average molecular weight is 221 g/mol. The van der Waals surface area contributed by atoms with Gasteiger partial charge in [-0.1, -0.05) is 17.7 Å². The summed E-state index contributed by atoms with van der Waals surface area (Å²) in [6.07, 6.45) is 8.89. The van der Waals surface area contributed by atoms with Gasteiger partial charge in [-0.3, -0.25) is 0 Å². The number of rotatable bonds is 5. The molecule has 0 bridgehead atoms. The van der Waals surface area contributed by atoms with E-state index in [-0.39, 0.29) is 0 Å². The molecule has 1 N–H and O–H groups in total. The minimum atomic E-state index is 0.376. The van der Waals surface area contributed by atoms with Gasteiger partial charge in [-0.2, -0.15) is 4.98 Å². The van der Waals surface area contributed by atoms with E-state index < -0.39 is 0 Å². The maximum atomic E-state index is 5.15. The summed E-state index contributed by atoms with van der Waals surface area (Å²) in [6, 6.07) is 0.376. The lowest BCUT2D eigenvalue weighted by molar-refractivity contribution is 0.384. The fourth-order valence-electron chi connectivity index (χ4n) is 1.64. The molecule has 0 radical (unpaired) electrons. The van der Waals surface area contributed by atoms with E-state index in [1.807, 2.05) is 13.1 Å². The van der Waals surface area contributed by atoms with E-state index in [9.17, 15) is 0 Å². The van der Waals surface area contributed by atoms with Crippen molar-refractivity contribution in [1.29, 1.82) is 0 Å². The standard InChI is InChI=1S/C12H19N3O/c1-9(13-2)8-11-14-12(16-15-11)7-6-10-4-3-5-10/h6-7,9-10,13H,3-5,8H2,1-2H3/b7-6+. The molecule has 0 aromatic carbocycles. The van der Waals surface area contributed by atoms with Crippen molar-refractivity contribution in [3.63, 3.8) is 0 Å². The van der Waals surface area contributed by atoms with Gasteiger partial charge in [0.25, 0.3) is 0 Å². The predicted molar refractivity (Wildman–Crippen MR) is 62.9 cm³/mol. The van der Waals surface area contributed by atoms with Crippen LogP contribution >= 0.6 is 0 Å². The van der Waals surface area contributed by atoms with Crippen molar-refractivity contribution in [2.45, 2.75) is 38.6 Å². The molecule has 1 aliphatic rings. The second kappa shape index (κ2) is 5.25. The molecule has 0 spiro atoms. The lowest BCUT2D eigenvalue weighted by atomic mass is 9.85. The molecule has 16 heavy (non-hydrogen) atoms. The van der Waals surface area contributed by atoms with Gasteiger partial charge >= 0.3 is 0 Å². The largest absolute Gasteiger partial charge is 0.335 e. The van der Waals surface area contributed by atoms with Crippen molar-refractivity contribution in [2.75, 3.05) is 7.05 Å². The molecule has 0 aliphatic heterocycles. The zero-order chi connectivity index (χ0) is 11.4. The summed E-state index contributed by atoms with van der Waals surface area (Å²) in [4.78, 5) is 4.32. The lowest BCUT2D eigenvalue weighted by Crippen LogP contribution is -2.24. The van der Waals surface area contributed by atoms with E-state index in [1.165, 1.54) is 19.3 Å². The summed E-state index contributed by atoms with van der Waals surface area (Å²) in [5, 5.41) is 7.10. The van der Waals surface area contributed by atoms with Crippen molar-refractivity contribution in [2.24, 2.45) is 5.92 Å². The summed E-state index contributed by atoms with van der Waals surface area (Å²) in [5.74, 6) is 2.13. The normalized spacial score (nSPS) is 18.9. The average Bonchev–Trinajstić information content (AvgIpc) is 2.63. The van der Waals surface area contributed by atoms with Crippen molar-refractivity contribution in [3.05, 3.63) is 17.8 Å². The number of hydrogen-bond donors (Lipinski definition) is 1. The Hall–Kier alpha value is -1.16. The van der Waals surface area contributed by atoms with Crippen LogP contribution in [-0.4, -0.2) is 23.2 Å². The van der Waals surface area contributed by atoms with Gasteiger partial charge in [0.15, 0.2) is 5.82 Å². The maximum absolute atomic E-state index is 5.15. The Morgan fingerprint density at radius 2 is 2.38 bits per heavy atom. The molecule has 1 fully saturated rings. The highest BCUT2D eigenvalue weighted by atomic mass is 16.5. The molecule has 1 aliphatic carbocycles. The number of likely N-dealkylation sites (N-methyl/N-ethyl adjacent to an activating group) is 1. The van der Waals surface area contributed by atoms with Crippen LogP contribution in [0.4, 0.5) is 0 Å². The summed E-state index contributed by atoms with van der Waals surface area (Å²) < 4.78 is 5.15. The van der Waals surface area contributed by atoms with Crippen LogP contribution in [0.25, 0.3) is 6.08 Å². The molecule has 1 atom stereocenters. The van der Waals surface area contributed by atoms with Crippen LogP contribution in [0, 0.1) is 5.92 Å². The van der Waals surface area contributed by atoms with Gasteiger partial charge in [-0.25, -0.2) is 0 Å². The van der Waals surface area contributed by atoms with Crippen LogP contribution in [0.2, 0.25) is 0 Å². The first-order valence-corrected chi connectivity index (χ1v) is 5.96. The molecule has 1 aromatic rings. The van der Waals surface area contributed by atoms with Crippen molar-refractivity contribution in [1.82, 2.24) is 15.5 Å². The van der Waals surface area contributed by atoms with Crippen LogP contribution in [-0.2, 0) is 6.42 Å². The summed E-state index contributed by atoms with van der Waals surface area (Å²) in [5.41, 5.74) is 0. The second-order valence-electron chi connectivity index (χ2n) is 4.49. The van der Waals surface area contributed by atoms with E-state index in [0.29, 0.717) is 11.9 Å². The van der Waals surface area contributed by atoms with E-state index >= 15 is 0 Å². The van der Waals surface area contributed by atoms with Crippen LogP contribution in [0.15, 0.2) is 10.6 Å². The first kappa shape index (κ1) is 11.3. The molecular formula is C12H19N3O. The monoisotopic (exact) mass is 221 g/mol. The molecule has 4 heteroatoms. The third-order valence-electron chi connectivity index (χ3n) is 3.13. The van der Waals surface area contributed by atoms with Crippen molar-refractivity contribution >= 4 is 6.08 Å². The van der Waals surface area contributed by atoms with E-state index in [1.54, 1.807) is 0 Å². The fraction of sp³-hybridized carbons (Fsp3) is 0.667. The Bertz CT molecular complexity index is 355. The van der Waals surface area contributed by atoms with Crippen molar-refractivity contribution in [3.8, 4) is 0 Å². The van der Waals surface area contributed by atoms with Crippen LogP contribution in [0.1, 0.15) is 37.9 Å². The molecule has 1 heterocycles. The highest BCUT2D eigenvalue weighted by molar-refractivity contribution is 5.38. The fourth-order valence-corrected chi connectivity index (χ4v) is 1.64. The molecule has 0 saturated heterocycles. The second-order valence-corrected chi connectivity index (χ2v) is 4.49. The predicted octanol–water partition coefficient (Wildman–Crippen LogP) is 2.03. The van der Waals surface area contributed by atoms with Gasteiger partial charge in [0.05, 0.1) is 0 Å². The Kier molecular flexibility index (Phi) is 3.72. The molecule has 0 amide bonds. The Morgan fingerprint density at radius 1 is 1.56 bits per heavy atom. The van der Waals surface area contributed by atoms with E-state index in [4.69, 9.17) is 4.52 Å². The molecule has 2 rings (SSSR count). The molecular weight excluding hydrogens is 202 g/mol. The smallest absolute Gasteiger partial charge is 0.250 e.